The van der Waals surface area contributed by atoms with Crippen LogP contribution in [0.4, 0.5) is 0 Å². The van der Waals surface area contributed by atoms with Crippen molar-refractivity contribution in [3.05, 3.63) is 12.2 Å². The van der Waals surface area contributed by atoms with Gasteiger partial charge in [0.05, 0.1) is 0 Å². The van der Waals surface area contributed by atoms with E-state index in [1.165, 1.54) is 51.8 Å². The van der Waals surface area contributed by atoms with E-state index in [1.54, 1.807) is 6.92 Å². The van der Waals surface area contributed by atoms with Crippen LogP contribution in [-0.2, 0) is 14.0 Å². The number of carbonyl (C=O) groups is 1. The monoisotopic (exact) mass is 575 g/mol. The predicted octanol–water partition coefficient (Wildman–Crippen LogP) is 7.22. The van der Waals surface area contributed by atoms with E-state index >= 15 is 0 Å². The Hall–Kier alpha value is 0.146. The van der Waals surface area contributed by atoms with Crippen molar-refractivity contribution < 1.29 is 14.0 Å². The zero-order valence-electron chi connectivity index (χ0n) is 22.7. The normalized spacial score (nSPS) is 21.8. The Bertz CT molecular complexity index is 566. The van der Waals surface area contributed by atoms with Crippen LogP contribution in [0.3, 0.4) is 0 Å². The van der Waals surface area contributed by atoms with Crippen molar-refractivity contribution in [3.63, 3.8) is 0 Å². The van der Waals surface area contributed by atoms with Crippen LogP contribution in [0.2, 0.25) is 31.4 Å². The van der Waals surface area contributed by atoms with Crippen LogP contribution in [-0.4, -0.2) is 55.5 Å². The zero-order chi connectivity index (χ0) is 24.4. The Kier molecular flexibility index (Phi) is 13.1. The van der Waals surface area contributed by atoms with Crippen LogP contribution >= 0.6 is 0 Å². The molecule has 0 aliphatic heterocycles. The minimum absolute atomic E-state index is 0.00569. The standard InChI is InChI=1S/C14H26NO3Si.3C4H9.Sn/c1-10(16)15-13-11(17-5)8-9-12(13)18-19(6,7)14(2,3)4;3*1-3-4-2;/h8-9,11-13H,5H2,1-4,6-7H3,(H,15,16);3*1,3-4H2,2H3;/t11-,12-,13+;;;;/m0..../s1. The molecule has 1 rings (SSSR count). The Morgan fingerprint density at radius 2 is 1.41 bits per heavy atom. The summed E-state index contributed by atoms with van der Waals surface area (Å²) in [5.74, 6) is -0.00569. The third-order valence-corrected chi connectivity index (χ3v) is 26.4. The van der Waals surface area contributed by atoms with Crippen LogP contribution < -0.4 is 5.32 Å². The molecular weight excluding hydrogens is 521 g/mol. The average molecular weight is 575 g/mol. The molecule has 1 aliphatic rings. The topological polar surface area (TPSA) is 47.6 Å². The van der Waals surface area contributed by atoms with Crippen LogP contribution in [0.5, 0.6) is 0 Å². The van der Waals surface area contributed by atoms with Crippen molar-refractivity contribution in [1.29, 1.82) is 0 Å². The Morgan fingerprint density at radius 1 is 0.938 bits per heavy atom. The molecule has 0 aromatic heterocycles. The molecule has 0 spiro atoms. The van der Waals surface area contributed by atoms with E-state index < -0.39 is 26.7 Å². The third-order valence-electron chi connectivity index (χ3n) is 7.57. The molecule has 0 saturated heterocycles. The number of hydrogen-bond acceptors (Lipinski definition) is 3. The molecule has 0 aromatic rings. The summed E-state index contributed by atoms with van der Waals surface area (Å²) < 4.78 is 18.7. The second kappa shape index (κ2) is 13.9. The molecule has 0 radical (unpaired) electrons. The number of amides is 1. The van der Waals surface area contributed by atoms with Gasteiger partial charge in [-0.3, -0.25) is 0 Å². The van der Waals surface area contributed by atoms with E-state index in [0.717, 1.165) is 4.62 Å². The van der Waals surface area contributed by atoms with Gasteiger partial charge in [0.15, 0.2) is 0 Å². The van der Waals surface area contributed by atoms with Crippen LogP contribution in [0, 0.1) is 0 Å². The van der Waals surface area contributed by atoms with Gasteiger partial charge in [0.25, 0.3) is 0 Å². The summed E-state index contributed by atoms with van der Waals surface area (Å²) in [7, 11) is -1.95. The molecule has 188 valence electrons. The van der Waals surface area contributed by atoms with Gasteiger partial charge in [0.2, 0.25) is 0 Å². The molecule has 0 unspecified atom stereocenters. The van der Waals surface area contributed by atoms with E-state index in [9.17, 15) is 4.79 Å². The summed E-state index contributed by atoms with van der Waals surface area (Å²) in [5.41, 5.74) is 0. The maximum atomic E-state index is 12.1. The van der Waals surface area contributed by atoms with Gasteiger partial charge < -0.3 is 0 Å². The number of carbonyl (C=O) groups excluding carboxylic acids is 1. The summed E-state index contributed by atoms with van der Waals surface area (Å²) in [6, 6.07) is -0.117. The summed E-state index contributed by atoms with van der Waals surface area (Å²) in [6.07, 6.45) is 12.0. The fourth-order valence-corrected chi connectivity index (χ4v) is 20.0. The van der Waals surface area contributed by atoms with E-state index in [-0.39, 0.29) is 29.2 Å². The van der Waals surface area contributed by atoms with Gasteiger partial charge in [0.1, 0.15) is 0 Å². The van der Waals surface area contributed by atoms with E-state index in [2.05, 4.69) is 72.1 Å². The van der Waals surface area contributed by atoms with E-state index in [0.29, 0.717) is 0 Å². The van der Waals surface area contributed by atoms with Crippen LogP contribution in [0.15, 0.2) is 12.2 Å². The Balaban J connectivity index is 2.99. The zero-order valence-corrected chi connectivity index (χ0v) is 26.5. The Labute approximate surface area is 204 Å². The molecule has 4 nitrogen and oxygen atoms in total. The molecule has 1 aliphatic carbocycles. The van der Waals surface area contributed by atoms with E-state index in [4.69, 9.17) is 9.16 Å². The molecular formula is C26H53NO3SiSn. The van der Waals surface area contributed by atoms with Gasteiger partial charge in [-0.1, -0.05) is 0 Å². The van der Waals surface area contributed by atoms with Crippen molar-refractivity contribution in [3.8, 4) is 0 Å². The summed E-state index contributed by atoms with van der Waals surface area (Å²) in [6.45, 7) is 19.9. The molecule has 0 bridgehead atoms. The Morgan fingerprint density at radius 3 is 1.81 bits per heavy atom. The van der Waals surface area contributed by atoms with Crippen LogP contribution in [0.1, 0.15) is 87.0 Å². The SMILES string of the molecule is CCC[CH2][Sn]([CH2]CCC)([CH2]CCC)[CH2]O[C@H]1C=C[C@H](O[Si](C)(C)C(C)(C)C)[C@@H]1NC(C)=O. The number of rotatable bonds is 15. The summed E-state index contributed by atoms with van der Waals surface area (Å²) in [5, 5.41) is 3.31. The van der Waals surface area contributed by atoms with Crippen molar-refractivity contribution in [2.45, 2.75) is 137 Å². The molecule has 0 fully saturated rings. The number of nitrogens with one attached hydrogen (secondary N) is 1. The summed E-state index contributed by atoms with van der Waals surface area (Å²) in [4.78, 5) is 12.1. The van der Waals surface area contributed by atoms with Gasteiger partial charge in [0, 0.05) is 0 Å². The number of ether oxygens (including phenoxy) is 1. The fraction of sp³-hybridized carbons (Fsp3) is 0.885. The average Bonchev–Trinajstić information content (AvgIpc) is 3.06. The van der Waals surface area contributed by atoms with E-state index in [1.807, 2.05) is 0 Å². The molecule has 1 amide bonds. The first-order valence-electron chi connectivity index (χ1n) is 13.2. The van der Waals surface area contributed by atoms with Crippen molar-refractivity contribution in [1.82, 2.24) is 5.32 Å². The van der Waals surface area contributed by atoms with Crippen molar-refractivity contribution in [2.24, 2.45) is 0 Å². The number of hydrogen-bond donors (Lipinski definition) is 1. The quantitative estimate of drug-likeness (QED) is 0.166. The molecule has 0 aromatic carbocycles. The minimum atomic E-state index is -2.39. The third kappa shape index (κ3) is 9.42. The molecule has 0 saturated carbocycles. The summed E-state index contributed by atoms with van der Waals surface area (Å²) >= 11 is -2.39. The van der Waals surface area contributed by atoms with Gasteiger partial charge in [-0.05, 0) is 0 Å². The van der Waals surface area contributed by atoms with Crippen LogP contribution in [0.25, 0.3) is 0 Å². The number of unbranched alkanes of at least 4 members (excludes halogenated alkanes) is 3. The first kappa shape index (κ1) is 30.2. The van der Waals surface area contributed by atoms with Gasteiger partial charge >= 0.3 is 205 Å². The fourth-order valence-electron chi connectivity index (χ4n) is 4.35. The van der Waals surface area contributed by atoms with Crippen molar-refractivity contribution in [2.75, 3.05) is 4.62 Å². The van der Waals surface area contributed by atoms with Gasteiger partial charge in [-0.25, -0.2) is 0 Å². The molecule has 6 heteroatoms. The van der Waals surface area contributed by atoms with Gasteiger partial charge in [-0.2, -0.15) is 0 Å². The second-order valence-corrected chi connectivity index (χ2v) is 30.0. The molecule has 32 heavy (non-hydrogen) atoms. The second-order valence-electron chi connectivity index (χ2n) is 11.5. The first-order chi connectivity index (χ1) is 14.9. The molecule has 3 atom stereocenters. The maximum absolute atomic E-state index is 12.1. The predicted molar refractivity (Wildman–Crippen MR) is 143 cm³/mol. The van der Waals surface area contributed by atoms with Crippen molar-refractivity contribution >= 4 is 32.6 Å². The molecule has 1 N–H and O–H groups in total. The van der Waals surface area contributed by atoms with Gasteiger partial charge in [-0.15, -0.1) is 0 Å². The first-order valence-corrected chi connectivity index (χ1v) is 24.1. The molecule has 0 heterocycles.